The summed E-state index contributed by atoms with van der Waals surface area (Å²) in [6.45, 7) is 1.32. The zero-order chi connectivity index (χ0) is 17.1. The van der Waals surface area contributed by atoms with Crippen LogP contribution in [0.5, 0.6) is 0 Å². The van der Waals surface area contributed by atoms with Gasteiger partial charge in [-0.25, -0.2) is 9.97 Å². The second kappa shape index (κ2) is 6.80. The molecule has 0 radical (unpaired) electrons. The van der Waals surface area contributed by atoms with E-state index in [2.05, 4.69) is 20.1 Å². The van der Waals surface area contributed by atoms with Crippen LogP contribution in [0.2, 0.25) is 0 Å². The summed E-state index contributed by atoms with van der Waals surface area (Å²) in [6, 6.07) is 5.49. The van der Waals surface area contributed by atoms with Crippen molar-refractivity contribution in [3.8, 4) is 11.1 Å². The van der Waals surface area contributed by atoms with Crippen molar-refractivity contribution in [3.63, 3.8) is 0 Å². The van der Waals surface area contributed by atoms with Crippen molar-refractivity contribution in [2.75, 3.05) is 13.1 Å². The van der Waals surface area contributed by atoms with Gasteiger partial charge in [-0.15, -0.1) is 0 Å². The van der Waals surface area contributed by atoms with Crippen molar-refractivity contribution in [1.82, 2.24) is 25.0 Å². The number of hydrogen-bond donors (Lipinski definition) is 0. The van der Waals surface area contributed by atoms with Gasteiger partial charge < -0.3 is 9.42 Å². The van der Waals surface area contributed by atoms with Gasteiger partial charge in [-0.3, -0.25) is 9.78 Å². The molecular formula is C18H17N5O2. The number of rotatable bonds is 3. The lowest BCUT2D eigenvalue weighted by Gasteiger charge is -2.32. The Kier molecular flexibility index (Phi) is 4.20. The van der Waals surface area contributed by atoms with Crippen molar-refractivity contribution >= 4 is 5.91 Å². The molecular weight excluding hydrogens is 318 g/mol. The van der Waals surface area contributed by atoms with Gasteiger partial charge in [0.25, 0.3) is 5.91 Å². The van der Waals surface area contributed by atoms with Crippen LogP contribution >= 0.6 is 0 Å². The van der Waals surface area contributed by atoms with Crippen LogP contribution in [-0.4, -0.2) is 44.0 Å². The predicted octanol–water partition coefficient (Wildman–Crippen LogP) is 2.55. The van der Waals surface area contributed by atoms with Gasteiger partial charge in [0.2, 0.25) is 5.76 Å². The Morgan fingerprint density at radius 1 is 1.16 bits per heavy atom. The van der Waals surface area contributed by atoms with Gasteiger partial charge in [-0.1, -0.05) is 5.16 Å². The maximum Gasteiger partial charge on any atom is 0.292 e. The molecule has 0 aliphatic carbocycles. The van der Waals surface area contributed by atoms with Crippen LogP contribution in [0.15, 0.2) is 53.8 Å². The Morgan fingerprint density at radius 2 is 2.04 bits per heavy atom. The fraction of sp³-hybridized carbons (Fsp3) is 0.278. The van der Waals surface area contributed by atoms with E-state index in [-0.39, 0.29) is 17.6 Å². The van der Waals surface area contributed by atoms with E-state index in [1.54, 1.807) is 24.8 Å². The molecule has 3 aromatic heterocycles. The van der Waals surface area contributed by atoms with Crippen molar-refractivity contribution in [2.45, 2.75) is 18.8 Å². The summed E-state index contributed by atoms with van der Waals surface area (Å²) < 4.78 is 5.01. The Labute approximate surface area is 144 Å². The summed E-state index contributed by atoms with van der Waals surface area (Å²) in [5, 5.41) is 3.62. The number of aromatic nitrogens is 4. The minimum atomic E-state index is -0.123. The molecule has 7 heteroatoms. The molecule has 1 aliphatic rings. The van der Waals surface area contributed by atoms with Crippen molar-refractivity contribution in [3.05, 3.63) is 60.8 Å². The number of nitrogens with zero attached hydrogens (tertiary/aromatic N) is 5. The molecule has 1 amide bonds. The Bertz CT molecular complexity index is 851. The second-order valence-corrected chi connectivity index (χ2v) is 6.02. The van der Waals surface area contributed by atoms with Crippen molar-refractivity contribution in [2.24, 2.45) is 0 Å². The summed E-state index contributed by atoms with van der Waals surface area (Å²) >= 11 is 0. The molecule has 4 heterocycles. The minimum absolute atomic E-state index is 0.123. The highest BCUT2D eigenvalue weighted by Crippen LogP contribution is 2.32. The van der Waals surface area contributed by atoms with E-state index in [1.807, 2.05) is 23.2 Å². The number of carbonyl (C=O) groups is 1. The standard InChI is InChI=1S/C18H17N5O2/c24-18(16-5-8-22-25-16)23-9-1-2-14(11-23)17-15(10-20-12-21-17)13-3-6-19-7-4-13/h3-8,10,12,14H,1-2,9,11H2/t14-/m1/s1. The zero-order valence-electron chi connectivity index (χ0n) is 13.6. The van der Waals surface area contributed by atoms with Gasteiger partial charge in [0.15, 0.2) is 0 Å². The highest BCUT2D eigenvalue weighted by atomic mass is 16.5. The van der Waals surface area contributed by atoms with Gasteiger partial charge in [-0.2, -0.15) is 0 Å². The SMILES string of the molecule is O=C(c1ccno1)N1CCC[C@@H](c2ncncc2-c2ccncc2)C1. The molecule has 1 fully saturated rings. The maximum absolute atomic E-state index is 12.5. The lowest BCUT2D eigenvalue weighted by molar-refractivity contribution is 0.0664. The normalized spacial score (nSPS) is 17.4. The largest absolute Gasteiger partial charge is 0.351 e. The van der Waals surface area contributed by atoms with Gasteiger partial charge in [0.05, 0.1) is 11.9 Å². The number of piperidine rings is 1. The first-order valence-electron chi connectivity index (χ1n) is 8.23. The molecule has 1 saturated heterocycles. The summed E-state index contributed by atoms with van der Waals surface area (Å²) in [4.78, 5) is 27.1. The minimum Gasteiger partial charge on any atom is -0.351 e. The number of pyridine rings is 1. The van der Waals surface area contributed by atoms with E-state index < -0.39 is 0 Å². The lowest BCUT2D eigenvalue weighted by Crippen LogP contribution is -2.39. The van der Waals surface area contributed by atoms with Crippen LogP contribution in [0.4, 0.5) is 0 Å². The van der Waals surface area contributed by atoms with Crippen LogP contribution < -0.4 is 0 Å². The number of hydrogen-bond acceptors (Lipinski definition) is 6. The molecule has 1 aliphatic heterocycles. The fourth-order valence-electron chi connectivity index (χ4n) is 3.29. The molecule has 0 saturated carbocycles. The quantitative estimate of drug-likeness (QED) is 0.731. The molecule has 3 aromatic rings. The molecule has 7 nitrogen and oxygen atoms in total. The Balaban J connectivity index is 1.61. The third kappa shape index (κ3) is 3.13. The molecule has 0 bridgehead atoms. The van der Waals surface area contributed by atoms with Crippen molar-refractivity contribution < 1.29 is 9.32 Å². The van der Waals surface area contributed by atoms with E-state index in [4.69, 9.17) is 4.52 Å². The summed E-state index contributed by atoms with van der Waals surface area (Å²) in [6.07, 6.45) is 10.3. The topological polar surface area (TPSA) is 85.0 Å². The second-order valence-electron chi connectivity index (χ2n) is 6.02. The average Bonchev–Trinajstić information content (AvgIpc) is 3.23. The molecule has 4 rings (SSSR count). The molecule has 0 N–H and O–H groups in total. The van der Waals surface area contributed by atoms with Crippen molar-refractivity contribution in [1.29, 1.82) is 0 Å². The number of amides is 1. The van der Waals surface area contributed by atoms with Crippen LogP contribution in [0.3, 0.4) is 0 Å². The first kappa shape index (κ1) is 15.4. The van der Waals surface area contributed by atoms with E-state index >= 15 is 0 Å². The van der Waals surface area contributed by atoms with E-state index in [0.717, 1.165) is 29.7 Å². The molecule has 0 spiro atoms. The highest BCUT2D eigenvalue weighted by Gasteiger charge is 2.29. The smallest absolute Gasteiger partial charge is 0.292 e. The number of likely N-dealkylation sites (tertiary alicyclic amines) is 1. The number of carbonyl (C=O) groups excluding carboxylic acids is 1. The van der Waals surface area contributed by atoms with E-state index in [9.17, 15) is 4.79 Å². The Hall–Kier alpha value is -3.09. The third-order valence-corrected chi connectivity index (χ3v) is 4.48. The van der Waals surface area contributed by atoms with E-state index in [1.165, 1.54) is 6.20 Å². The monoisotopic (exact) mass is 335 g/mol. The van der Waals surface area contributed by atoms with Gasteiger partial charge in [-0.05, 0) is 30.5 Å². The Morgan fingerprint density at radius 3 is 2.84 bits per heavy atom. The van der Waals surface area contributed by atoms with Gasteiger partial charge >= 0.3 is 0 Å². The first-order valence-corrected chi connectivity index (χ1v) is 8.23. The van der Waals surface area contributed by atoms with Crippen LogP contribution in [0.1, 0.15) is 35.0 Å². The molecule has 0 aromatic carbocycles. The summed E-state index contributed by atoms with van der Waals surface area (Å²) in [5.41, 5.74) is 2.99. The zero-order valence-corrected chi connectivity index (χ0v) is 13.6. The molecule has 126 valence electrons. The summed E-state index contributed by atoms with van der Waals surface area (Å²) in [7, 11) is 0. The third-order valence-electron chi connectivity index (χ3n) is 4.48. The van der Waals surface area contributed by atoms with Gasteiger partial charge in [0, 0.05) is 49.2 Å². The van der Waals surface area contributed by atoms with E-state index in [0.29, 0.717) is 13.1 Å². The molecule has 1 atom stereocenters. The lowest BCUT2D eigenvalue weighted by atomic mass is 9.90. The highest BCUT2D eigenvalue weighted by molar-refractivity contribution is 5.91. The van der Waals surface area contributed by atoms with Gasteiger partial charge in [0.1, 0.15) is 6.33 Å². The fourth-order valence-corrected chi connectivity index (χ4v) is 3.29. The summed E-state index contributed by atoms with van der Waals surface area (Å²) in [5.74, 6) is 0.311. The molecule has 0 unspecified atom stereocenters. The first-order chi connectivity index (χ1) is 12.3. The maximum atomic E-state index is 12.5. The predicted molar refractivity (Wildman–Crippen MR) is 89.6 cm³/mol. The van der Waals surface area contributed by atoms with Crippen LogP contribution in [0, 0.1) is 0 Å². The van der Waals surface area contributed by atoms with Crippen LogP contribution in [0.25, 0.3) is 11.1 Å². The van der Waals surface area contributed by atoms with Crippen LogP contribution in [-0.2, 0) is 0 Å². The molecule has 25 heavy (non-hydrogen) atoms. The average molecular weight is 335 g/mol.